The Hall–Kier alpha value is -4.56. The van der Waals surface area contributed by atoms with Gasteiger partial charge in [-0.05, 0) is 35.1 Å². The van der Waals surface area contributed by atoms with Crippen molar-refractivity contribution in [2.75, 3.05) is 114 Å². The highest BCUT2D eigenvalue weighted by Gasteiger charge is 2.40. The van der Waals surface area contributed by atoms with Gasteiger partial charge in [-0.2, -0.15) is 0 Å². The summed E-state index contributed by atoms with van der Waals surface area (Å²) in [5.74, 6) is -1.92. The number of rotatable bonds is 23. The topological polar surface area (TPSA) is 204 Å². The van der Waals surface area contributed by atoms with Crippen LogP contribution in [0.5, 0.6) is 11.5 Å². The molecule has 0 aromatic heterocycles. The summed E-state index contributed by atoms with van der Waals surface area (Å²) >= 11 is 0. The van der Waals surface area contributed by atoms with E-state index in [0.717, 1.165) is 26.2 Å². The molecule has 0 saturated carbocycles. The molecule has 4 rings (SSSR count). The normalized spacial score (nSPS) is 17.3. The minimum absolute atomic E-state index is 0.0567. The number of hydrogen-bond acceptors (Lipinski definition) is 13. The number of benzene rings is 2. The number of hydrogen-bond donors (Lipinski definition) is 5. The molecule has 2 unspecified atom stereocenters. The van der Waals surface area contributed by atoms with Crippen LogP contribution in [0.3, 0.4) is 0 Å². The average molecular weight is 884 g/mol. The van der Waals surface area contributed by atoms with Crippen LogP contribution in [0.25, 0.3) is 0 Å². The third-order valence-electron chi connectivity index (χ3n) is 11.7. The lowest BCUT2D eigenvalue weighted by molar-refractivity contribution is -0.133. The number of amides is 5. The molecule has 2 aliphatic rings. The summed E-state index contributed by atoms with van der Waals surface area (Å²) in [6.45, 7) is 15.1. The van der Waals surface area contributed by atoms with Crippen molar-refractivity contribution in [3.05, 3.63) is 59.7 Å². The van der Waals surface area contributed by atoms with Crippen LogP contribution in [0, 0.1) is 17.8 Å². The first-order chi connectivity index (χ1) is 30.1. The predicted molar refractivity (Wildman–Crippen MR) is 240 cm³/mol. The number of nitrogens with zero attached hydrogens (tertiary/aromatic N) is 5. The molecule has 2 aromatic carbocycles. The first kappa shape index (κ1) is 51.1. The van der Waals surface area contributed by atoms with E-state index in [1.165, 1.54) is 19.2 Å². The van der Waals surface area contributed by atoms with Crippen LogP contribution in [0.2, 0.25) is 0 Å². The van der Waals surface area contributed by atoms with Crippen molar-refractivity contribution in [3.63, 3.8) is 0 Å². The van der Waals surface area contributed by atoms with E-state index in [-0.39, 0.29) is 24.9 Å². The van der Waals surface area contributed by atoms with Gasteiger partial charge in [0.1, 0.15) is 6.04 Å². The molecule has 2 aromatic rings. The number of ether oxygens (including phenoxy) is 4. The fourth-order valence-electron chi connectivity index (χ4n) is 7.63. The molecule has 352 valence electrons. The first-order valence-corrected chi connectivity index (χ1v) is 22.1. The van der Waals surface area contributed by atoms with Gasteiger partial charge < -0.3 is 50.2 Å². The second kappa shape index (κ2) is 25.7. The highest BCUT2D eigenvalue weighted by Crippen LogP contribution is 2.30. The molecule has 2 aliphatic heterocycles. The summed E-state index contributed by atoms with van der Waals surface area (Å²) < 4.78 is 21.9. The van der Waals surface area contributed by atoms with Crippen LogP contribution in [0.1, 0.15) is 44.9 Å². The lowest BCUT2D eigenvalue weighted by Gasteiger charge is -2.36. The van der Waals surface area contributed by atoms with Crippen molar-refractivity contribution in [2.45, 2.75) is 58.5 Å². The number of carbonyl (C=O) groups excluding carboxylic acids is 4. The SMILES string of the molecule is COc1ccc(CN(C[C@H](O)C(C(=O)[C@@H](NC(=O)N(C)CCN2CCOCC2)C(C)C)C(N)c2ccccc2)NC(=O)[C@@H](NC(=O)N(C)CCN2CCOCC2)C(C)C)cc1OC. The van der Waals surface area contributed by atoms with E-state index in [4.69, 9.17) is 24.7 Å². The molecule has 0 bridgehead atoms. The fraction of sp³-hybridized carbons (Fsp3) is 0.644. The minimum atomic E-state index is -1.45. The highest BCUT2D eigenvalue weighted by molar-refractivity contribution is 5.91. The van der Waals surface area contributed by atoms with Crippen molar-refractivity contribution in [1.29, 1.82) is 0 Å². The number of hydrazine groups is 1. The standard InChI is InChI=1S/C45H73N9O9/c1-31(2)40(47-44(58)50(5)16-18-52-20-24-62-25-21-52)42(56)38(39(46)34-12-10-9-11-13-34)35(55)30-54(29-33-14-15-36(60-7)37(28-33)61-8)49-43(57)41(32(3)4)48-45(59)51(6)17-19-53-22-26-63-27-23-53/h9-15,28,31-32,35,38-41,55H,16-27,29-30,46H2,1-8H3,(H,47,58)(H,48,59)(H,49,57)/t35-,38?,39?,40-,41-/m0/s1. The number of ketones is 1. The molecule has 0 aliphatic carbocycles. The number of aliphatic hydroxyl groups is 1. The number of morpholine rings is 2. The van der Waals surface area contributed by atoms with E-state index in [1.54, 1.807) is 66.4 Å². The van der Waals surface area contributed by atoms with E-state index < -0.39 is 53.9 Å². The van der Waals surface area contributed by atoms with E-state index in [2.05, 4.69) is 25.9 Å². The number of carbonyl (C=O) groups is 4. The van der Waals surface area contributed by atoms with Crippen LogP contribution in [0.15, 0.2) is 48.5 Å². The highest BCUT2D eigenvalue weighted by atomic mass is 16.5. The first-order valence-electron chi connectivity index (χ1n) is 22.1. The Labute approximate surface area is 373 Å². The zero-order chi connectivity index (χ0) is 46.1. The molecule has 18 nitrogen and oxygen atoms in total. The van der Waals surface area contributed by atoms with Gasteiger partial charge in [0.2, 0.25) is 0 Å². The second-order valence-corrected chi connectivity index (χ2v) is 17.1. The summed E-state index contributed by atoms with van der Waals surface area (Å²) in [6.07, 6.45) is -1.45. The third kappa shape index (κ3) is 15.6. The zero-order valence-corrected chi connectivity index (χ0v) is 38.6. The Bertz CT molecular complexity index is 1730. The molecule has 0 spiro atoms. The number of likely N-dealkylation sites (N-methyl/N-ethyl adjacent to an activating group) is 2. The summed E-state index contributed by atoms with van der Waals surface area (Å²) in [6, 6.07) is 10.5. The van der Waals surface area contributed by atoms with Gasteiger partial charge in [0.05, 0.1) is 58.7 Å². The quantitative estimate of drug-likeness (QED) is 0.101. The van der Waals surface area contributed by atoms with Crippen molar-refractivity contribution < 1.29 is 43.2 Å². The van der Waals surface area contributed by atoms with Crippen LogP contribution < -0.4 is 31.3 Å². The van der Waals surface area contributed by atoms with Crippen molar-refractivity contribution >= 4 is 23.8 Å². The number of aliphatic hydroxyl groups excluding tert-OH is 1. The van der Waals surface area contributed by atoms with E-state index >= 15 is 0 Å². The van der Waals surface area contributed by atoms with Gasteiger partial charge in [0.15, 0.2) is 17.3 Å². The summed E-state index contributed by atoms with van der Waals surface area (Å²) in [5, 5.41) is 19.7. The molecule has 2 fully saturated rings. The lowest BCUT2D eigenvalue weighted by Crippen LogP contribution is -2.59. The minimum Gasteiger partial charge on any atom is -0.493 e. The average Bonchev–Trinajstić information content (AvgIpc) is 3.28. The van der Waals surface area contributed by atoms with Crippen LogP contribution in [-0.2, 0) is 25.6 Å². The fourth-order valence-corrected chi connectivity index (χ4v) is 7.63. The van der Waals surface area contributed by atoms with Gasteiger partial charge in [-0.1, -0.05) is 64.1 Å². The van der Waals surface area contributed by atoms with E-state index in [1.807, 2.05) is 33.8 Å². The van der Waals surface area contributed by atoms with Crippen molar-refractivity contribution in [2.24, 2.45) is 23.5 Å². The van der Waals surface area contributed by atoms with E-state index in [9.17, 15) is 24.3 Å². The van der Waals surface area contributed by atoms with Gasteiger partial charge in [0.25, 0.3) is 5.91 Å². The molecule has 6 N–H and O–H groups in total. The molecule has 63 heavy (non-hydrogen) atoms. The zero-order valence-electron chi connectivity index (χ0n) is 38.6. The molecule has 5 atom stereocenters. The number of methoxy groups -OCH3 is 2. The number of urea groups is 2. The maximum atomic E-state index is 14.9. The Morgan fingerprint density at radius 3 is 1.76 bits per heavy atom. The maximum Gasteiger partial charge on any atom is 0.317 e. The molecule has 0 radical (unpaired) electrons. The molecule has 2 heterocycles. The molecular weight excluding hydrogens is 811 g/mol. The molecule has 18 heteroatoms. The summed E-state index contributed by atoms with van der Waals surface area (Å²) in [7, 11) is 6.43. The summed E-state index contributed by atoms with van der Waals surface area (Å²) in [5.41, 5.74) is 11.2. The number of nitrogens with two attached hydrogens (primary N) is 1. The second-order valence-electron chi connectivity index (χ2n) is 17.1. The van der Waals surface area contributed by atoms with Gasteiger partial charge in [-0.3, -0.25) is 24.8 Å². The molecule has 2 saturated heterocycles. The van der Waals surface area contributed by atoms with E-state index in [0.29, 0.717) is 75.2 Å². The largest absolute Gasteiger partial charge is 0.493 e. The monoisotopic (exact) mass is 884 g/mol. The van der Waals surface area contributed by atoms with Gasteiger partial charge in [-0.25, -0.2) is 14.6 Å². The Morgan fingerprint density at radius 2 is 1.27 bits per heavy atom. The van der Waals surface area contributed by atoms with Gasteiger partial charge in [-0.15, -0.1) is 0 Å². The van der Waals surface area contributed by atoms with Gasteiger partial charge in [0, 0.05) is 85.6 Å². The Balaban J connectivity index is 1.60. The van der Waals surface area contributed by atoms with Crippen LogP contribution >= 0.6 is 0 Å². The number of nitrogens with one attached hydrogen (secondary N) is 3. The maximum absolute atomic E-state index is 14.9. The predicted octanol–water partition coefficient (Wildman–Crippen LogP) is 1.78. The molecular formula is C45H73N9O9. The Morgan fingerprint density at radius 1 is 0.762 bits per heavy atom. The Kier molecular flexibility index (Phi) is 20.8. The van der Waals surface area contributed by atoms with Crippen LogP contribution in [0.4, 0.5) is 9.59 Å². The third-order valence-corrected chi connectivity index (χ3v) is 11.7. The van der Waals surface area contributed by atoms with Crippen molar-refractivity contribution in [3.8, 4) is 11.5 Å². The smallest absolute Gasteiger partial charge is 0.317 e. The van der Waals surface area contributed by atoms with Crippen molar-refractivity contribution in [1.82, 2.24) is 40.7 Å². The lowest BCUT2D eigenvalue weighted by atomic mass is 9.80. The molecule has 5 amide bonds. The van der Waals surface area contributed by atoms with Crippen LogP contribution in [-0.4, -0.2) is 185 Å². The van der Waals surface area contributed by atoms with Gasteiger partial charge >= 0.3 is 12.1 Å². The summed E-state index contributed by atoms with van der Waals surface area (Å²) in [4.78, 5) is 63.8. The number of Topliss-reactive ketones (excluding diaryl/α,β-unsaturated/α-hetero) is 1.